The molecular formula is C33H35N7O4. The van der Waals surface area contributed by atoms with Crippen LogP contribution in [0, 0.1) is 0 Å². The number of methoxy groups -OCH3 is 1. The van der Waals surface area contributed by atoms with E-state index >= 15 is 0 Å². The first kappa shape index (κ1) is 30.2. The number of nitrogens with zero attached hydrogens (tertiary/aromatic N) is 3. The molecule has 0 unspecified atom stereocenters. The lowest BCUT2D eigenvalue weighted by Crippen LogP contribution is -2.42. The van der Waals surface area contributed by atoms with E-state index in [1.165, 1.54) is 18.9 Å². The number of imidazole rings is 2. The number of Topliss-reactive ketones (excluding diaryl/α,β-unsaturated/α-hetero) is 1. The van der Waals surface area contributed by atoms with Gasteiger partial charge in [-0.25, -0.2) is 14.8 Å². The van der Waals surface area contributed by atoms with Crippen LogP contribution in [-0.2, 0) is 27.3 Å². The molecule has 0 fully saturated rings. The minimum Gasteiger partial charge on any atom is -0.453 e. The molecule has 11 nitrogen and oxygen atoms in total. The molecule has 0 spiro atoms. The molecule has 5 rings (SSSR count). The second-order valence-electron chi connectivity index (χ2n) is 10.5. The Labute approximate surface area is 255 Å². The van der Waals surface area contributed by atoms with Crippen LogP contribution in [0.15, 0.2) is 73.1 Å². The third-order valence-electron chi connectivity index (χ3n) is 7.23. The van der Waals surface area contributed by atoms with Gasteiger partial charge in [-0.15, -0.1) is 0 Å². The number of likely N-dealkylation sites (N-methyl/N-ethyl adjacent to an activating group) is 1. The number of fused-ring (bicyclic) bond motifs is 1. The van der Waals surface area contributed by atoms with Crippen LogP contribution in [0.2, 0.25) is 0 Å². The van der Waals surface area contributed by atoms with E-state index in [-0.39, 0.29) is 25.4 Å². The van der Waals surface area contributed by atoms with Gasteiger partial charge in [0.1, 0.15) is 24.0 Å². The van der Waals surface area contributed by atoms with E-state index in [1.54, 1.807) is 6.20 Å². The number of aromatic amines is 2. The summed E-state index contributed by atoms with van der Waals surface area (Å²) in [5, 5.41) is 7.79. The van der Waals surface area contributed by atoms with Crippen molar-refractivity contribution in [1.82, 2.24) is 35.5 Å². The van der Waals surface area contributed by atoms with Crippen LogP contribution < -0.4 is 10.6 Å². The summed E-state index contributed by atoms with van der Waals surface area (Å²) < 4.78 is 4.51. The summed E-state index contributed by atoms with van der Waals surface area (Å²) in [4.78, 5) is 52.6. The number of rotatable bonds is 12. The summed E-state index contributed by atoms with van der Waals surface area (Å²) in [5.41, 5.74) is 6.02. The molecule has 3 aromatic carbocycles. The number of ketones is 1. The molecule has 0 saturated carbocycles. The first-order valence-electron chi connectivity index (χ1n) is 14.3. The van der Waals surface area contributed by atoms with Crippen molar-refractivity contribution in [1.29, 1.82) is 0 Å². The van der Waals surface area contributed by atoms with Crippen molar-refractivity contribution in [2.24, 2.45) is 0 Å². The average molecular weight is 594 g/mol. The van der Waals surface area contributed by atoms with Gasteiger partial charge in [0.15, 0.2) is 0 Å². The molecule has 44 heavy (non-hydrogen) atoms. The highest BCUT2D eigenvalue weighted by Gasteiger charge is 2.18. The maximum Gasteiger partial charge on any atom is 0.407 e. The highest BCUT2D eigenvalue weighted by atomic mass is 16.5. The molecule has 5 aromatic rings. The third-order valence-corrected chi connectivity index (χ3v) is 7.23. The lowest BCUT2D eigenvalue weighted by atomic mass is 9.98. The molecule has 0 radical (unpaired) electrons. The maximum atomic E-state index is 12.6. The summed E-state index contributed by atoms with van der Waals surface area (Å²) in [5.74, 6) is 0.889. The molecule has 0 atom stereocenters. The molecule has 0 aliphatic heterocycles. The first-order valence-corrected chi connectivity index (χ1v) is 14.3. The normalized spacial score (nSPS) is 11.0. The van der Waals surface area contributed by atoms with Gasteiger partial charge in [0, 0.05) is 18.5 Å². The maximum absolute atomic E-state index is 12.6. The van der Waals surface area contributed by atoms with Gasteiger partial charge in [0.25, 0.3) is 0 Å². The van der Waals surface area contributed by atoms with Crippen LogP contribution in [-0.4, -0.2) is 76.4 Å². The van der Waals surface area contributed by atoms with Crippen molar-refractivity contribution in [3.05, 3.63) is 84.7 Å². The Balaban J connectivity index is 1.27. The summed E-state index contributed by atoms with van der Waals surface area (Å²) >= 11 is 0. The van der Waals surface area contributed by atoms with Crippen LogP contribution in [0.5, 0.6) is 0 Å². The molecule has 2 amide bonds. The Morgan fingerprint density at radius 3 is 2.09 bits per heavy atom. The fraction of sp³-hybridized carbons (Fsp3) is 0.242. The largest absolute Gasteiger partial charge is 0.453 e. The molecule has 226 valence electrons. The van der Waals surface area contributed by atoms with Crippen molar-refractivity contribution < 1.29 is 19.1 Å². The molecule has 0 bridgehead atoms. The number of ether oxygens (including phenoxy) is 1. The van der Waals surface area contributed by atoms with Gasteiger partial charge < -0.3 is 30.2 Å². The number of hydrogen-bond donors (Lipinski definition) is 4. The van der Waals surface area contributed by atoms with Gasteiger partial charge in [-0.1, -0.05) is 48.5 Å². The highest BCUT2D eigenvalue weighted by Crippen LogP contribution is 2.29. The standard InChI is InChI=1S/C33H35N7O4/c1-21(41)19-40(32(42)18-37-33(43)44-3)20-31-36-16-28(39-31)23-6-4-22(5-7-23)24-8-9-26-15-27(11-10-25(26)14-24)29-17-35-30(38-29)12-13-34-2/h4-11,14-17,34H,12-13,18-20H2,1-3H3,(H,35,38)(H,36,39)(H,37,43). The molecular weight excluding hydrogens is 558 g/mol. The number of H-pyrrole nitrogens is 2. The van der Waals surface area contributed by atoms with Gasteiger partial charge in [-0.2, -0.15) is 0 Å². The molecule has 2 aromatic heterocycles. The van der Waals surface area contributed by atoms with E-state index in [1.807, 2.05) is 25.4 Å². The van der Waals surface area contributed by atoms with Gasteiger partial charge in [-0.05, 0) is 53.6 Å². The SMILES string of the molecule is CNCCc1ncc(-c2ccc3cc(-c4ccc(-c5cnc(CN(CC(C)=O)C(=O)CNC(=O)OC)[nH]5)cc4)ccc3c2)[nH]1. The number of hydrogen-bond acceptors (Lipinski definition) is 7. The van der Waals surface area contributed by atoms with E-state index in [4.69, 9.17) is 0 Å². The third kappa shape index (κ3) is 7.37. The second kappa shape index (κ2) is 13.8. The fourth-order valence-electron chi connectivity index (χ4n) is 4.92. The minimum atomic E-state index is -0.720. The van der Waals surface area contributed by atoms with Crippen molar-refractivity contribution in [2.75, 3.05) is 33.8 Å². The van der Waals surface area contributed by atoms with Crippen LogP contribution in [0.4, 0.5) is 4.79 Å². The van der Waals surface area contributed by atoms with Gasteiger partial charge in [0.05, 0.1) is 44.0 Å². The van der Waals surface area contributed by atoms with Crippen LogP contribution >= 0.6 is 0 Å². The minimum absolute atomic E-state index is 0.0933. The number of carbonyl (C=O) groups is 3. The Bertz CT molecular complexity index is 1770. The monoisotopic (exact) mass is 593 g/mol. The van der Waals surface area contributed by atoms with Crippen molar-refractivity contribution >= 4 is 28.6 Å². The number of benzene rings is 3. The number of aromatic nitrogens is 4. The second-order valence-corrected chi connectivity index (χ2v) is 10.5. The fourth-order valence-corrected chi connectivity index (χ4v) is 4.92. The predicted molar refractivity (Wildman–Crippen MR) is 169 cm³/mol. The Morgan fingerprint density at radius 1 is 0.818 bits per heavy atom. The van der Waals surface area contributed by atoms with Crippen molar-refractivity contribution in [2.45, 2.75) is 19.9 Å². The predicted octanol–water partition coefficient (Wildman–Crippen LogP) is 4.32. The Kier molecular flexibility index (Phi) is 9.46. The van der Waals surface area contributed by atoms with Crippen LogP contribution in [0.3, 0.4) is 0 Å². The van der Waals surface area contributed by atoms with Crippen molar-refractivity contribution in [3.8, 4) is 33.6 Å². The van der Waals surface area contributed by atoms with Gasteiger partial charge >= 0.3 is 6.09 Å². The van der Waals surface area contributed by atoms with Crippen molar-refractivity contribution in [3.63, 3.8) is 0 Å². The Morgan fingerprint density at radius 2 is 1.41 bits per heavy atom. The number of alkyl carbamates (subject to hydrolysis) is 1. The zero-order chi connectivity index (χ0) is 31.1. The lowest BCUT2D eigenvalue weighted by molar-refractivity contribution is -0.134. The molecule has 0 aliphatic rings. The first-order chi connectivity index (χ1) is 21.3. The summed E-state index contributed by atoms with van der Waals surface area (Å²) in [6.45, 7) is 1.99. The average Bonchev–Trinajstić information content (AvgIpc) is 3.71. The molecule has 2 heterocycles. The zero-order valence-corrected chi connectivity index (χ0v) is 24.9. The van der Waals surface area contributed by atoms with Crippen LogP contribution in [0.1, 0.15) is 18.6 Å². The number of carbonyl (C=O) groups excluding carboxylic acids is 3. The molecule has 4 N–H and O–H groups in total. The van der Waals surface area contributed by atoms with E-state index in [0.717, 1.165) is 63.2 Å². The molecule has 0 aliphatic carbocycles. The van der Waals surface area contributed by atoms with E-state index in [0.29, 0.717) is 5.82 Å². The highest BCUT2D eigenvalue weighted by molar-refractivity contribution is 5.91. The van der Waals surface area contributed by atoms with E-state index in [9.17, 15) is 14.4 Å². The molecule has 0 saturated heterocycles. The summed E-state index contributed by atoms with van der Waals surface area (Å²) in [7, 11) is 3.15. The Hall–Kier alpha value is -5.29. The van der Waals surface area contributed by atoms with Crippen LogP contribution in [0.25, 0.3) is 44.4 Å². The quantitative estimate of drug-likeness (QED) is 0.169. The summed E-state index contributed by atoms with van der Waals surface area (Å²) in [6.07, 6.45) is 3.72. The lowest BCUT2D eigenvalue weighted by Gasteiger charge is -2.20. The topological polar surface area (TPSA) is 145 Å². The smallest absolute Gasteiger partial charge is 0.407 e. The number of amides is 2. The summed E-state index contributed by atoms with van der Waals surface area (Å²) in [6, 6.07) is 21.0. The van der Waals surface area contributed by atoms with E-state index in [2.05, 4.69) is 83.8 Å². The van der Waals surface area contributed by atoms with Gasteiger partial charge in [0.2, 0.25) is 5.91 Å². The van der Waals surface area contributed by atoms with Gasteiger partial charge in [-0.3, -0.25) is 9.59 Å². The zero-order valence-electron chi connectivity index (χ0n) is 24.9. The molecule has 11 heteroatoms. The number of nitrogens with one attached hydrogen (secondary N) is 4. The van der Waals surface area contributed by atoms with E-state index < -0.39 is 12.0 Å².